The summed E-state index contributed by atoms with van der Waals surface area (Å²) in [6.07, 6.45) is 1.50. The first kappa shape index (κ1) is 26.9. The van der Waals surface area contributed by atoms with Gasteiger partial charge in [-0.15, -0.1) is 0 Å². The molecule has 2 heterocycles. The Bertz CT molecular complexity index is 964. The minimum atomic E-state index is -1.08. The Kier molecular flexibility index (Phi) is 10.8. The van der Waals surface area contributed by atoms with Gasteiger partial charge in [0.05, 0.1) is 36.8 Å². The van der Waals surface area contributed by atoms with Gasteiger partial charge in [0, 0.05) is 26.2 Å². The molecule has 4 rings (SSSR count). The highest BCUT2D eigenvalue weighted by Gasteiger charge is 2.15. The SMILES string of the molecule is Clc1ccc2c(c1NCc1ccc(CN3CCOCC3)cc1)CCNCC2.O=C(O)CCC(=O)O. The summed E-state index contributed by atoms with van der Waals surface area (Å²) in [5.74, 6) is -2.15. The van der Waals surface area contributed by atoms with Gasteiger partial charge in [0.1, 0.15) is 0 Å². The molecular formula is C26H34ClN3O5. The number of fused-ring (bicyclic) bond motifs is 1. The molecule has 9 heteroatoms. The van der Waals surface area contributed by atoms with Gasteiger partial charge >= 0.3 is 11.9 Å². The number of anilines is 1. The number of morpholine rings is 1. The fraction of sp³-hybridized carbons (Fsp3) is 0.462. The first-order valence-corrected chi connectivity index (χ1v) is 12.4. The maximum atomic E-state index is 9.64. The first-order chi connectivity index (χ1) is 16.9. The van der Waals surface area contributed by atoms with Crippen molar-refractivity contribution in [2.24, 2.45) is 0 Å². The van der Waals surface area contributed by atoms with Gasteiger partial charge in [0.25, 0.3) is 0 Å². The summed E-state index contributed by atoms with van der Waals surface area (Å²) in [5.41, 5.74) is 6.53. The van der Waals surface area contributed by atoms with Crippen LogP contribution in [0.3, 0.4) is 0 Å². The molecule has 2 aliphatic rings. The van der Waals surface area contributed by atoms with Crippen molar-refractivity contribution in [1.29, 1.82) is 0 Å². The average molecular weight is 504 g/mol. The van der Waals surface area contributed by atoms with Crippen molar-refractivity contribution in [3.63, 3.8) is 0 Å². The number of rotatable bonds is 8. The molecule has 190 valence electrons. The van der Waals surface area contributed by atoms with Gasteiger partial charge in [-0.05, 0) is 54.3 Å². The number of hydrogen-bond donors (Lipinski definition) is 4. The maximum absolute atomic E-state index is 9.64. The molecule has 0 radical (unpaired) electrons. The van der Waals surface area contributed by atoms with E-state index in [2.05, 4.69) is 45.9 Å². The van der Waals surface area contributed by atoms with Crippen LogP contribution in [0.2, 0.25) is 5.02 Å². The van der Waals surface area contributed by atoms with Crippen LogP contribution >= 0.6 is 11.6 Å². The molecule has 35 heavy (non-hydrogen) atoms. The molecule has 0 bridgehead atoms. The fourth-order valence-electron chi connectivity index (χ4n) is 4.12. The third-order valence-corrected chi connectivity index (χ3v) is 6.35. The number of aliphatic carboxylic acids is 2. The molecule has 2 aromatic carbocycles. The molecule has 0 unspecified atom stereocenters. The second-order valence-corrected chi connectivity index (χ2v) is 9.06. The Morgan fingerprint density at radius 3 is 2.23 bits per heavy atom. The van der Waals surface area contributed by atoms with Gasteiger partial charge in [-0.25, -0.2) is 0 Å². The van der Waals surface area contributed by atoms with E-state index in [1.54, 1.807) is 0 Å². The summed E-state index contributed by atoms with van der Waals surface area (Å²) < 4.78 is 5.42. The highest BCUT2D eigenvalue weighted by atomic mass is 35.5. The van der Waals surface area contributed by atoms with Gasteiger partial charge < -0.3 is 25.6 Å². The molecule has 0 aliphatic carbocycles. The molecule has 0 spiro atoms. The maximum Gasteiger partial charge on any atom is 0.303 e. The van der Waals surface area contributed by atoms with Crippen molar-refractivity contribution in [2.45, 2.75) is 38.8 Å². The Balaban J connectivity index is 0.000000371. The third-order valence-electron chi connectivity index (χ3n) is 6.04. The molecule has 2 aliphatic heterocycles. The number of halogens is 1. The van der Waals surface area contributed by atoms with Crippen LogP contribution in [0, 0.1) is 0 Å². The van der Waals surface area contributed by atoms with E-state index in [1.165, 1.54) is 22.3 Å². The molecule has 4 N–H and O–H groups in total. The van der Waals surface area contributed by atoms with E-state index in [1.807, 2.05) is 6.07 Å². The van der Waals surface area contributed by atoms with Crippen LogP contribution in [-0.4, -0.2) is 66.4 Å². The lowest BCUT2D eigenvalue weighted by molar-refractivity contribution is -0.143. The zero-order valence-electron chi connectivity index (χ0n) is 19.9. The van der Waals surface area contributed by atoms with E-state index in [-0.39, 0.29) is 12.8 Å². The third kappa shape index (κ3) is 9.14. The normalized spacial score (nSPS) is 15.8. The number of nitrogens with zero attached hydrogens (tertiary/aromatic N) is 1. The molecule has 0 aromatic heterocycles. The summed E-state index contributed by atoms with van der Waals surface area (Å²) in [7, 11) is 0. The average Bonchev–Trinajstić information content (AvgIpc) is 3.10. The molecule has 1 fully saturated rings. The number of nitrogens with one attached hydrogen (secondary N) is 2. The molecule has 8 nitrogen and oxygen atoms in total. The Morgan fingerprint density at radius 1 is 0.943 bits per heavy atom. The van der Waals surface area contributed by atoms with Crippen LogP contribution in [0.5, 0.6) is 0 Å². The molecule has 1 saturated heterocycles. The zero-order chi connectivity index (χ0) is 25.0. The van der Waals surface area contributed by atoms with Crippen molar-refractivity contribution in [2.75, 3.05) is 44.7 Å². The molecule has 0 saturated carbocycles. The van der Waals surface area contributed by atoms with E-state index in [4.69, 9.17) is 26.6 Å². The minimum Gasteiger partial charge on any atom is -0.481 e. The van der Waals surface area contributed by atoms with Crippen LogP contribution in [0.25, 0.3) is 0 Å². The van der Waals surface area contributed by atoms with Crippen LogP contribution in [-0.2, 0) is 40.3 Å². The summed E-state index contributed by atoms with van der Waals surface area (Å²) in [4.78, 5) is 21.7. The number of ether oxygens (including phenoxy) is 1. The standard InChI is InChI=1S/C22H28ClN3O.C4H6O4/c23-21-6-5-19-7-9-24-10-8-20(19)22(21)25-15-17-1-3-18(4-2-17)16-26-11-13-27-14-12-26;5-3(6)1-2-4(7)8/h1-6,24-25H,7-16H2;1-2H2,(H,5,6)(H,7,8). The van der Waals surface area contributed by atoms with E-state index >= 15 is 0 Å². The first-order valence-electron chi connectivity index (χ1n) is 12.0. The fourth-order valence-corrected chi connectivity index (χ4v) is 4.36. The predicted molar refractivity (Wildman–Crippen MR) is 136 cm³/mol. The highest BCUT2D eigenvalue weighted by Crippen LogP contribution is 2.31. The van der Waals surface area contributed by atoms with Gasteiger partial charge in [-0.2, -0.15) is 0 Å². The summed E-state index contributed by atoms with van der Waals surface area (Å²) in [6.45, 7) is 7.59. The second-order valence-electron chi connectivity index (χ2n) is 8.66. The van der Waals surface area contributed by atoms with Crippen molar-refractivity contribution in [1.82, 2.24) is 10.2 Å². The molecule has 0 amide bonds. The van der Waals surface area contributed by atoms with Crippen LogP contribution in [0.4, 0.5) is 5.69 Å². The quantitative estimate of drug-likeness (QED) is 0.433. The zero-order valence-corrected chi connectivity index (χ0v) is 20.6. The van der Waals surface area contributed by atoms with Gasteiger partial charge in [-0.3, -0.25) is 14.5 Å². The van der Waals surface area contributed by atoms with Gasteiger partial charge in [-0.1, -0.05) is 41.9 Å². The van der Waals surface area contributed by atoms with Crippen LogP contribution in [0.1, 0.15) is 35.1 Å². The van der Waals surface area contributed by atoms with Gasteiger partial charge in [0.15, 0.2) is 0 Å². The lowest BCUT2D eigenvalue weighted by atomic mass is 10.0. The summed E-state index contributed by atoms with van der Waals surface area (Å²) >= 11 is 6.52. The van der Waals surface area contributed by atoms with E-state index in [9.17, 15) is 9.59 Å². The van der Waals surface area contributed by atoms with Crippen LogP contribution in [0.15, 0.2) is 36.4 Å². The number of carbonyl (C=O) groups is 2. The van der Waals surface area contributed by atoms with Crippen LogP contribution < -0.4 is 10.6 Å². The van der Waals surface area contributed by atoms with Gasteiger partial charge in [0.2, 0.25) is 0 Å². The smallest absolute Gasteiger partial charge is 0.303 e. The monoisotopic (exact) mass is 503 g/mol. The number of carboxylic acids is 2. The Hall–Kier alpha value is -2.65. The Labute approximate surface area is 211 Å². The second kappa shape index (κ2) is 14.0. The van der Waals surface area contributed by atoms with Crippen molar-refractivity contribution in [3.05, 3.63) is 63.7 Å². The minimum absolute atomic E-state index is 0.296. The van der Waals surface area contributed by atoms with Crippen molar-refractivity contribution >= 4 is 29.2 Å². The number of benzene rings is 2. The van der Waals surface area contributed by atoms with E-state index < -0.39 is 11.9 Å². The molecular weight excluding hydrogens is 470 g/mol. The van der Waals surface area contributed by atoms with E-state index in [0.717, 1.165) is 76.0 Å². The van der Waals surface area contributed by atoms with Crippen molar-refractivity contribution in [3.8, 4) is 0 Å². The number of carboxylic acid groups (broad SMARTS) is 2. The summed E-state index contributed by atoms with van der Waals surface area (Å²) in [6, 6.07) is 13.1. The van der Waals surface area contributed by atoms with Crippen molar-refractivity contribution < 1.29 is 24.5 Å². The predicted octanol–water partition coefficient (Wildman–Crippen LogP) is 3.41. The topological polar surface area (TPSA) is 111 Å². The molecule has 2 aromatic rings. The summed E-state index contributed by atoms with van der Waals surface area (Å²) in [5, 5.41) is 23.7. The molecule has 0 atom stereocenters. The lowest BCUT2D eigenvalue weighted by Crippen LogP contribution is -2.35. The number of hydrogen-bond acceptors (Lipinski definition) is 6. The van der Waals surface area contributed by atoms with E-state index in [0.29, 0.717) is 0 Å². The Morgan fingerprint density at radius 2 is 1.57 bits per heavy atom. The lowest BCUT2D eigenvalue weighted by Gasteiger charge is -2.26. The largest absolute Gasteiger partial charge is 0.481 e. The highest BCUT2D eigenvalue weighted by molar-refractivity contribution is 6.33.